The average Bonchev–Trinajstić information content (AvgIpc) is 2.86. The van der Waals surface area contributed by atoms with Gasteiger partial charge >= 0.3 is 0 Å². The second-order valence-corrected chi connectivity index (χ2v) is 6.12. The second kappa shape index (κ2) is 5.14. The lowest BCUT2D eigenvalue weighted by atomic mass is 9.68. The first kappa shape index (κ1) is 12.9. The Morgan fingerprint density at radius 1 is 1.21 bits per heavy atom. The van der Waals surface area contributed by atoms with Crippen molar-refractivity contribution in [3.8, 4) is 5.75 Å². The molecule has 0 bridgehead atoms. The van der Waals surface area contributed by atoms with Crippen LogP contribution in [0, 0.1) is 5.41 Å². The summed E-state index contributed by atoms with van der Waals surface area (Å²) in [6.45, 7) is 4.76. The first-order valence-corrected chi connectivity index (χ1v) is 7.27. The van der Waals surface area contributed by atoms with Crippen molar-refractivity contribution in [2.45, 2.75) is 18.8 Å². The molecule has 1 atom stereocenters. The molecular weight excluding hydrogens is 236 g/mol. The molecule has 1 aromatic carbocycles. The van der Waals surface area contributed by atoms with E-state index >= 15 is 0 Å². The highest BCUT2D eigenvalue weighted by molar-refractivity contribution is 5.32. The van der Waals surface area contributed by atoms with Crippen LogP contribution in [0.15, 0.2) is 24.3 Å². The molecule has 0 saturated carbocycles. The smallest absolute Gasteiger partial charge is 0.118 e. The van der Waals surface area contributed by atoms with Crippen molar-refractivity contribution in [1.82, 2.24) is 10.2 Å². The molecule has 3 rings (SSSR count). The molecule has 3 heteroatoms. The van der Waals surface area contributed by atoms with Gasteiger partial charge in [-0.25, -0.2) is 0 Å². The number of methoxy groups -OCH3 is 1. The van der Waals surface area contributed by atoms with Gasteiger partial charge in [0.05, 0.1) is 7.11 Å². The summed E-state index contributed by atoms with van der Waals surface area (Å²) < 4.78 is 5.26. The van der Waals surface area contributed by atoms with Crippen LogP contribution in [0.3, 0.4) is 0 Å². The van der Waals surface area contributed by atoms with Crippen molar-refractivity contribution in [2.75, 3.05) is 40.3 Å². The Morgan fingerprint density at radius 2 is 1.89 bits per heavy atom. The first-order valence-electron chi connectivity index (χ1n) is 7.27. The lowest BCUT2D eigenvalue weighted by Gasteiger charge is -2.41. The number of piperidine rings is 1. The zero-order valence-corrected chi connectivity index (χ0v) is 12.0. The van der Waals surface area contributed by atoms with Gasteiger partial charge in [0.2, 0.25) is 0 Å². The highest BCUT2D eigenvalue weighted by Crippen LogP contribution is 2.46. The monoisotopic (exact) mass is 260 g/mol. The quantitative estimate of drug-likeness (QED) is 0.881. The van der Waals surface area contributed by atoms with Crippen molar-refractivity contribution in [3.05, 3.63) is 29.8 Å². The highest BCUT2D eigenvalue weighted by Gasteiger charge is 2.44. The van der Waals surface area contributed by atoms with Gasteiger partial charge in [0, 0.05) is 19.0 Å². The number of likely N-dealkylation sites (tertiary alicyclic amines) is 1. The Kier molecular flexibility index (Phi) is 3.50. The van der Waals surface area contributed by atoms with Gasteiger partial charge in [-0.1, -0.05) is 12.1 Å². The standard InChI is InChI=1S/C16H24N2O/c1-18-9-7-16(8-10-18)12-17-11-15(16)13-3-5-14(19-2)6-4-13/h3-6,15,17H,7-12H2,1-2H3. The predicted molar refractivity (Wildman–Crippen MR) is 77.8 cm³/mol. The molecule has 3 nitrogen and oxygen atoms in total. The molecule has 1 N–H and O–H groups in total. The first-order chi connectivity index (χ1) is 9.23. The summed E-state index contributed by atoms with van der Waals surface area (Å²) in [6, 6.07) is 8.68. The van der Waals surface area contributed by atoms with E-state index in [1.54, 1.807) is 7.11 Å². The van der Waals surface area contributed by atoms with Crippen LogP contribution in [0.5, 0.6) is 5.75 Å². The average molecular weight is 260 g/mol. The molecule has 104 valence electrons. The summed E-state index contributed by atoms with van der Waals surface area (Å²) in [6.07, 6.45) is 2.63. The van der Waals surface area contributed by atoms with Crippen LogP contribution in [0.25, 0.3) is 0 Å². The van der Waals surface area contributed by atoms with Crippen molar-refractivity contribution >= 4 is 0 Å². The fraction of sp³-hybridized carbons (Fsp3) is 0.625. The predicted octanol–water partition coefficient (Wildman–Crippen LogP) is 2.09. The molecule has 19 heavy (non-hydrogen) atoms. The highest BCUT2D eigenvalue weighted by atomic mass is 16.5. The van der Waals surface area contributed by atoms with Gasteiger partial charge in [-0.3, -0.25) is 0 Å². The van der Waals surface area contributed by atoms with Crippen LogP contribution in [-0.4, -0.2) is 45.2 Å². The van der Waals surface area contributed by atoms with Crippen LogP contribution in [0.1, 0.15) is 24.3 Å². The van der Waals surface area contributed by atoms with E-state index in [9.17, 15) is 0 Å². The SMILES string of the molecule is COc1ccc(C2CNCC23CCN(C)CC3)cc1. The van der Waals surface area contributed by atoms with Gasteiger partial charge in [0.15, 0.2) is 0 Å². The Labute approximate surface area is 115 Å². The summed E-state index contributed by atoms with van der Waals surface area (Å²) in [5.41, 5.74) is 1.94. The topological polar surface area (TPSA) is 24.5 Å². The molecule has 1 unspecified atom stereocenters. The fourth-order valence-electron chi connectivity index (χ4n) is 3.70. The number of benzene rings is 1. The molecule has 2 aliphatic rings. The molecule has 0 aromatic heterocycles. The summed E-state index contributed by atoms with van der Waals surface area (Å²) in [7, 11) is 3.96. The van der Waals surface area contributed by atoms with Crippen LogP contribution >= 0.6 is 0 Å². The molecule has 0 amide bonds. The Bertz CT molecular complexity index is 421. The van der Waals surface area contributed by atoms with Gasteiger partial charge < -0.3 is 15.0 Å². The van der Waals surface area contributed by atoms with E-state index in [2.05, 4.69) is 41.5 Å². The Morgan fingerprint density at radius 3 is 2.53 bits per heavy atom. The van der Waals surface area contributed by atoms with E-state index in [1.807, 2.05) is 0 Å². The van der Waals surface area contributed by atoms with Gasteiger partial charge in [-0.15, -0.1) is 0 Å². The van der Waals surface area contributed by atoms with Gasteiger partial charge in [-0.2, -0.15) is 0 Å². The van der Waals surface area contributed by atoms with E-state index in [0.717, 1.165) is 12.3 Å². The maximum Gasteiger partial charge on any atom is 0.118 e. The lowest BCUT2D eigenvalue weighted by molar-refractivity contribution is 0.124. The van der Waals surface area contributed by atoms with Crippen molar-refractivity contribution < 1.29 is 4.74 Å². The Hall–Kier alpha value is -1.06. The third kappa shape index (κ3) is 2.37. The minimum atomic E-state index is 0.473. The molecule has 1 spiro atoms. The van der Waals surface area contributed by atoms with Gasteiger partial charge in [0.1, 0.15) is 5.75 Å². The maximum atomic E-state index is 5.26. The largest absolute Gasteiger partial charge is 0.497 e. The van der Waals surface area contributed by atoms with E-state index in [1.165, 1.54) is 38.0 Å². The molecule has 2 fully saturated rings. The van der Waals surface area contributed by atoms with Crippen LogP contribution in [0.4, 0.5) is 0 Å². The zero-order chi connectivity index (χ0) is 13.3. The molecule has 2 saturated heterocycles. The number of nitrogens with zero attached hydrogens (tertiary/aromatic N) is 1. The summed E-state index contributed by atoms with van der Waals surface area (Å²) in [5, 5.41) is 3.63. The minimum Gasteiger partial charge on any atom is -0.497 e. The van der Waals surface area contributed by atoms with Crippen molar-refractivity contribution in [1.29, 1.82) is 0 Å². The minimum absolute atomic E-state index is 0.473. The number of hydrogen-bond donors (Lipinski definition) is 1. The molecule has 2 aliphatic heterocycles. The molecule has 1 aromatic rings. The number of hydrogen-bond acceptors (Lipinski definition) is 3. The third-order valence-corrected chi connectivity index (χ3v) is 5.07. The zero-order valence-electron chi connectivity index (χ0n) is 12.0. The van der Waals surface area contributed by atoms with Gasteiger partial charge in [-0.05, 0) is 56.1 Å². The second-order valence-electron chi connectivity index (χ2n) is 6.12. The third-order valence-electron chi connectivity index (χ3n) is 5.07. The molecular formula is C16H24N2O. The van der Waals surface area contributed by atoms with E-state index < -0.39 is 0 Å². The lowest BCUT2D eigenvalue weighted by Crippen LogP contribution is -2.41. The van der Waals surface area contributed by atoms with Crippen molar-refractivity contribution in [2.24, 2.45) is 5.41 Å². The maximum absolute atomic E-state index is 5.26. The summed E-state index contributed by atoms with van der Waals surface area (Å²) in [5.74, 6) is 1.61. The molecule has 2 heterocycles. The van der Waals surface area contributed by atoms with Crippen LogP contribution in [0.2, 0.25) is 0 Å². The Balaban J connectivity index is 1.82. The number of nitrogens with one attached hydrogen (secondary N) is 1. The van der Waals surface area contributed by atoms with Gasteiger partial charge in [0.25, 0.3) is 0 Å². The van der Waals surface area contributed by atoms with E-state index in [-0.39, 0.29) is 0 Å². The summed E-state index contributed by atoms with van der Waals surface area (Å²) in [4.78, 5) is 2.45. The van der Waals surface area contributed by atoms with Crippen molar-refractivity contribution in [3.63, 3.8) is 0 Å². The molecule has 0 aliphatic carbocycles. The van der Waals surface area contributed by atoms with E-state index in [0.29, 0.717) is 11.3 Å². The van der Waals surface area contributed by atoms with E-state index in [4.69, 9.17) is 4.74 Å². The molecule has 0 radical (unpaired) electrons. The number of rotatable bonds is 2. The van der Waals surface area contributed by atoms with Crippen LogP contribution < -0.4 is 10.1 Å². The normalized spacial score (nSPS) is 26.7. The summed E-state index contributed by atoms with van der Waals surface area (Å²) >= 11 is 0. The van der Waals surface area contributed by atoms with Crippen LogP contribution in [-0.2, 0) is 0 Å². The fourth-order valence-corrected chi connectivity index (χ4v) is 3.70. The number of ether oxygens (including phenoxy) is 1.